The topological polar surface area (TPSA) is 60.8 Å². The SMILES string of the molecule is COc1cc(NC(=S)N2CCN(c3ccccc3C#N)CC2)c(OC)cc1Cl. The summed E-state index contributed by atoms with van der Waals surface area (Å²) in [5.41, 5.74) is 2.35. The van der Waals surface area contributed by atoms with Crippen LogP contribution in [0.25, 0.3) is 0 Å². The predicted octanol–water partition coefficient (Wildman–Crippen LogP) is 3.75. The highest BCUT2D eigenvalue weighted by atomic mass is 35.5. The molecule has 1 N–H and O–H groups in total. The second kappa shape index (κ2) is 9.00. The van der Waals surface area contributed by atoms with Crippen molar-refractivity contribution in [2.75, 3.05) is 50.6 Å². The van der Waals surface area contributed by atoms with Crippen LogP contribution >= 0.6 is 23.8 Å². The van der Waals surface area contributed by atoms with Gasteiger partial charge in [0.25, 0.3) is 0 Å². The maximum atomic E-state index is 9.32. The predicted molar refractivity (Wildman–Crippen MR) is 116 cm³/mol. The van der Waals surface area contributed by atoms with Crippen molar-refractivity contribution in [3.05, 3.63) is 47.0 Å². The van der Waals surface area contributed by atoms with Gasteiger partial charge < -0.3 is 24.6 Å². The van der Waals surface area contributed by atoms with Crippen molar-refractivity contribution in [2.24, 2.45) is 0 Å². The molecule has 6 nitrogen and oxygen atoms in total. The molecule has 3 rings (SSSR count). The number of benzene rings is 2. The second-order valence-corrected chi connectivity index (χ2v) is 7.01. The van der Waals surface area contributed by atoms with Gasteiger partial charge in [-0.05, 0) is 24.4 Å². The molecule has 0 bridgehead atoms. The fraction of sp³-hybridized carbons (Fsp3) is 0.300. The summed E-state index contributed by atoms with van der Waals surface area (Å²) in [6.45, 7) is 3.06. The van der Waals surface area contributed by atoms with E-state index in [1.165, 1.54) is 0 Å². The van der Waals surface area contributed by atoms with Crippen molar-refractivity contribution in [1.29, 1.82) is 5.26 Å². The lowest BCUT2D eigenvalue weighted by Crippen LogP contribution is -2.50. The molecule has 28 heavy (non-hydrogen) atoms. The van der Waals surface area contributed by atoms with Crippen molar-refractivity contribution in [3.63, 3.8) is 0 Å². The van der Waals surface area contributed by atoms with Crippen molar-refractivity contribution >= 4 is 40.3 Å². The first-order valence-corrected chi connectivity index (χ1v) is 9.57. The van der Waals surface area contributed by atoms with Crippen LogP contribution in [-0.2, 0) is 0 Å². The third-order valence-electron chi connectivity index (χ3n) is 4.65. The lowest BCUT2D eigenvalue weighted by atomic mass is 10.1. The molecule has 0 spiro atoms. The third-order valence-corrected chi connectivity index (χ3v) is 5.30. The lowest BCUT2D eigenvalue weighted by molar-refractivity contribution is 0.389. The Hall–Kier alpha value is -2.69. The minimum absolute atomic E-state index is 0.473. The Morgan fingerprint density at radius 1 is 1.11 bits per heavy atom. The summed E-state index contributed by atoms with van der Waals surface area (Å²) in [5, 5.41) is 13.6. The van der Waals surface area contributed by atoms with E-state index in [0.717, 1.165) is 31.9 Å². The molecule has 1 aliphatic rings. The van der Waals surface area contributed by atoms with Crippen molar-refractivity contribution in [3.8, 4) is 17.6 Å². The monoisotopic (exact) mass is 416 g/mol. The molecular formula is C20H21ClN4O2S. The normalized spacial score (nSPS) is 13.6. The Kier molecular flexibility index (Phi) is 6.45. The maximum absolute atomic E-state index is 9.32. The first kappa shape index (κ1) is 20.1. The number of hydrogen-bond acceptors (Lipinski definition) is 5. The molecule has 146 valence electrons. The number of anilines is 2. The fourth-order valence-electron chi connectivity index (χ4n) is 3.15. The molecule has 8 heteroatoms. The van der Waals surface area contributed by atoms with Crippen LogP contribution in [0.4, 0.5) is 11.4 Å². The number of nitrogens with zero attached hydrogens (tertiary/aromatic N) is 3. The van der Waals surface area contributed by atoms with Crippen molar-refractivity contribution in [2.45, 2.75) is 0 Å². The molecule has 0 atom stereocenters. The Bertz CT molecular complexity index is 908. The lowest BCUT2D eigenvalue weighted by Gasteiger charge is -2.37. The third kappa shape index (κ3) is 4.24. The van der Waals surface area contributed by atoms with E-state index in [0.29, 0.717) is 32.9 Å². The van der Waals surface area contributed by atoms with E-state index in [9.17, 15) is 5.26 Å². The standard InChI is InChI=1S/C20H21ClN4O2S/c1-26-18-12-16(19(27-2)11-15(18)21)23-20(28)25-9-7-24(8-10-25)17-6-4-3-5-14(17)13-22/h3-6,11-12H,7-10H2,1-2H3,(H,23,28). The van der Waals surface area contributed by atoms with Gasteiger partial charge in [0.05, 0.1) is 36.2 Å². The summed E-state index contributed by atoms with van der Waals surface area (Å²) in [7, 11) is 3.14. The molecule has 1 aliphatic heterocycles. The van der Waals surface area contributed by atoms with E-state index in [2.05, 4.69) is 21.2 Å². The van der Waals surface area contributed by atoms with Gasteiger partial charge in [0.15, 0.2) is 5.11 Å². The van der Waals surface area contributed by atoms with Crippen LogP contribution in [0.3, 0.4) is 0 Å². The summed E-state index contributed by atoms with van der Waals surface area (Å²) < 4.78 is 10.7. The Morgan fingerprint density at radius 3 is 2.43 bits per heavy atom. The highest BCUT2D eigenvalue weighted by Gasteiger charge is 2.22. The van der Waals surface area contributed by atoms with Gasteiger partial charge in [-0.1, -0.05) is 23.7 Å². The molecule has 0 aliphatic carbocycles. The first-order valence-electron chi connectivity index (χ1n) is 8.79. The number of halogens is 1. The van der Waals surface area contributed by atoms with Gasteiger partial charge in [-0.15, -0.1) is 0 Å². The number of para-hydroxylation sites is 1. The average Bonchev–Trinajstić information content (AvgIpc) is 2.74. The molecular weight excluding hydrogens is 396 g/mol. The second-order valence-electron chi connectivity index (χ2n) is 6.22. The van der Waals surface area contributed by atoms with E-state index in [1.807, 2.05) is 24.3 Å². The highest BCUT2D eigenvalue weighted by molar-refractivity contribution is 7.80. The van der Waals surface area contributed by atoms with Crippen LogP contribution in [0.15, 0.2) is 36.4 Å². The molecule has 2 aromatic carbocycles. The van der Waals surface area contributed by atoms with Gasteiger partial charge in [0, 0.05) is 38.3 Å². The number of piperazine rings is 1. The van der Waals surface area contributed by atoms with Crippen LogP contribution in [0.5, 0.6) is 11.5 Å². The van der Waals surface area contributed by atoms with Crippen LogP contribution in [0.2, 0.25) is 5.02 Å². The van der Waals surface area contributed by atoms with E-state index in [4.69, 9.17) is 33.3 Å². The zero-order valence-corrected chi connectivity index (χ0v) is 17.3. The maximum Gasteiger partial charge on any atom is 0.173 e. The zero-order valence-electron chi connectivity index (χ0n) is 15.7. The number of ether oxygens (including phenoxy) is 2. The number of nitrogens with one attached hydrogen (secondary N) is 1. The van der Waals surface area contributed by atoms with Gasteiger partial charge in [0.1, 0.15) is 17.6 Å². The molecule has 1 heterocycles. The van der Waals surface area contributed by atoms with E-state index in [1.54, 1.807) is 26.4 Å². The fourth-order valence-corrected chi connectivity index (χ4v) is 3.67. The highest BCUT2D eigenvalue weighted by Crippen LogP contribution is 2.36. The van der Waals surface area contributed by atoms with Gasteiger partial charge in [-0.3, -0.25) is 0 Å². The smallest absolute Gasteiger partial charge is 0.173 e. The summed E-state index contributed by atoms with van der Waals surface area (Å²) >= 11 is 11.8. The molecule has 2 aromatic rings. The van der Waals surface area contributed by atoms with Gasteiger partial charge in [-0.2, -0.15) is 5.26 Å². The number of rotatable bonds is 4. The number of nitriles is 1. The summed E-state index contributed by atoms with van der Waals surface area (Å²) in [5.74, 6) is 1.14. The molecule has 1 saturated heterocycles. The van der Waals surface area contributed by atoms with Gasteiger partial charge in [0.2, 0.25) is 0 Å². The van der Waals surface area contributed by atoms with E-state index < -0.39 is 0 Å². The molecule has 0 unspecified atom stereocenters. The van der Waals surface area contributed by atoms with Crippen LogP contribution < -0.4 is 19.7 Å². The molecule has 0 aromatic heterocycles. The van der Waals surface area contributed by atoms with Crippen LogP contribution in [0, 0.1) is 11.3 Å². The number of hydrogen-bond donors (Lipinski definition) is 1. The first-order chi connectivity index (χ1) is 13.6. The molecule has 1 fully saturated rings. The van der Waals surface area contributed by atoms with Crippen LogP contribution in [-0.4, -0.2) is 50.4 Å². The summed E-state index contributed by atoms with van der Waals surface area (Å²) in [6.07, 6.45) is 0. The Morgan fingerprint density at radius 2 is 1.79 bits per heavy atom. The van der Waals surface area contributed by atoms with Crippen molar-refractivity contribution in [1.82, 2.24) is 4.90 Å². The number of methoxy groups -OCH3 is 2. The van der Waals surface area contributed by atoms with E-state index >= 15 is 0 Å². The van der Waals surface area contributed by atoms with Gasteiger partial charge >= 0.3 is 0 Å². The quantitative estimate of drug-likeness (QED) is 0.761. The summed E-state index contributed by atoms with van der Waals surface area (Å²) in [6, 6.07) is 13.4. The van der Waals surface area contributed by atoms with E-state index in [-0.39, 0.29) is 0 Å². The minimum atomic E-state index is 0.473. The molecule has 0 radical (unpaired) electrons. The molecule has 0 saturated carbocycles. The van der Waals surface area contributed by atoms with Crippen LogP contribution in [0.1, 0.15) is 5.56 Å². The largest absolute Gasteiger partial charge is 0.495 e. The molecule has 0 amide bonds. The average molecular weight is 417 g/mol. The van der Waals surface area contributed by atoms with Gasteiger partial charge in [-0.25, -0.2) is 0 Å². The minimum Gasteiger partial charge on any atom is -0.495 e. The zero-order chi connectivity index (χ0) is 20.1. The summed E-state index contributed by atoms with van der Waals surface area (Å²) in [4.78, 5) is 4.31. The number of thiocarbonyl (C=S) groups is 1. The Balaban J connectivity index is 1.67. The Labute approximate surface area is 175 Å². The van der Waals surface area contributed by atoms with Crippen molar-refractivity contribution < 1.29 is 9.47 Å².